The smallest absolute Gasteiger partial charge is 0.0547 e. The molecule has 0 saturated heterocycles. The van der Waals surface area contributed by atoms with Crippen LogP contribution in [-0.4, -0.2) is 4.57 Å². The standard InChI is InChI=1S/C58H46N2/c1-4-16-41(17-5-1)42-30-35-48(36-31-42)59(55-28-12-11-25-52(55)54-27-15-21-45-20-14-26-50(58(45)54)44-18-6-2-7-19-44)49-37-32-43(33-38-49)46-34-39-53-51-24-10-13-29-56(51)60(57(53)40-46)47-22-8-3-9-23-47/h1,3-5,8-17,20-40,44H,2,6-7,18-19H2. The number of benzene rings is 9. The zero-order valence-electron chi connectivity index (χ0n) is 33.7. The van der Waals surface area contributed by atoms with Gasteiger partial charge in [0, 0.05) is 33.4 Å². The molecule has 0 atom stereocenters. The van der Waals surface area contributed by atoms with Crippen molar-refractivity contribution in [3.63, 3.8) is 0 Å². The van der Waals surface area contributed by atoms with Crippen LogP contribution in [0, 0.1) is 0 Å². The van der Waals surface area contributed by atoms with Gasteiger partial charge < -0.3 is 9.47 Å². The molecule has 1 aromatic heterocycles. The monoisotopic (exact) mass is 770 g/mol. The minimum Gasteiger partial charge on any atom is -0.310 e. The molecule has 9 aromatic carbocycles. The van der Waals surface area contributed by atoms with Crippen molar-refractivity contribution in [1.82, 2.24) is 4.57 Å². The van der Waals surface area contributed by atoms with Crippen molar-refractivity contribution in [3.8, 4) is 39.1 Å². The molecule has 1 fully saturated rings. The average molecular weight is 771 g/mol. The van der Waals surface area contributed by atoms with Crippen molar-refractivity contribution in [2.24, 2.45) is 0 Å². The fourth-order valence-electron chi connectivity index (χ4n) is 9.91. The second-order valence-electron chi connectivity index (χ2n) is 16.3. The summed E-state index contributed by atoms with van der Waals surface area (Å²) >= 11 is 0. The largest absolute Gasteiger partial charge is 0.310 e. The summed E-state index contributed by atoms with van der Waals surface area (Å²) in [6.07, 6.45) is 6.51. The van der Waals surface area contributed by atoms with Crippen LogP contribution in [-0.2, 0) is 0 Å². The Balaban J connectivity index is 1.05. The second-order valence-corrected chi connectivity index (χ2v) is 16.3. The summed E-state index contributed by atoms with van der Waals surface area (Å²) in [4.78, 5) is 2.45. The first kappa shape index (κ1) is 36.0. The van der Waals surface area contributed by atoms with Gasteiger partial charge in [-0.25, -0.2) is 0 Å². The zero-order chi connectivity index (χ0) is 39.8. The fraction of sp³-hybridized carbons (Fsp3) is 0.103. The van der Waals surface area contributed by atoms with Gasteiger partial charge in [0.05, 0.1) is 16.7 Å². The highest BCUT2D eigenvalue weighted by molar-refractivity contribution is 6.10. The van der Waals surface area contributed by atoms with Crippen LogP contribution in [0.2, 0.25) is 0 Å². The normalized spacial score (nSPS) is 13.3. The van der Waals surface area contributed by atoms with Crippen LogP contribution in [0.5, 0.6) is 0 Å². The van der Waals surface area contributed by atoms with E-state index in [1.807, 2.05) is 0 Å². The van der Waals surface area contributed by atoms with E-state index in [0.717, 1.165) is 17.1 Å². The quantitative estimate of drug-likeness (QED) is 0.149. The number of para-hydroxylation sites is 3. The van der Waals surface area contributed by atoms with Crippen molar-refractivity contribution < 1.29 is 0 Å². The van der Waals surface area contributed by atoms with Gasteiger partial charge in [-0.2, -0.15) is 0 Å². The van der Waals surface area contributed by atoms with E-state index >= 15 is 0 Å². The van der Waals surface area contributed by atoms with Crippen molar-refractivity contribution >= 4 is 49.6 Å². The van der Waals surface area contributed by atoms with Crippen LogP contribution in [0.25, 0.3) is 71.6 Å². The van der Waals surface area contributed by atoms with Crippen LogP contribution in [0.15, 0.2) is 212 Å². The summed E-state index contributed by atoms with van der Waals surface area (Å²) in [5.74, 6) is 0.595. The first-order valence-electron chi connectivity index (χ1n) is 21.5. The molecule has 11 rings (SSSR count). The third kappa shape index (κ3) is 6.46. The maximum Gasteiger partial charge on any atom is 0.0547 e. The molecular formula is C58H46N2. The van der Waals surface area contributed by atoms with Gasteiger partial charge in [0.1, 0.15) is 0 Å². The lowest BCUT2D eigenvalue weighted by molar-refractivity contribution is 0.445. The molecule has 1 heterocycles. The molecule has 0 N–H and O–H groups in total. The summed E-state index contributed by atoms with van der Waals surface area (Å²) in [6.45, 7) is 0. The summed E-state index contributed by atoms with van der Waals surface area (Å²) in [5.41, 5.74) is 15.8. The Kier molecular flexibility index (Phi) is 9.32. The molecule has 288 valence electrons. The minimum absolute atomic E-state index is 0.595. The van der Waals surface area contributed by atoms with Gasteiger partial charge in [0.2, 0.25) is 0 Å². The number of hydrogen-bond donors (Lipinski definition) is 0. The molecule has 0 bridgehead atoms. The molecule has 2 nitrogen and oxygen atoms in total. The highest BCUT2D eigenvalue weighted by Gasteiger charge is 2.23. The molecule has 0 radical (unpaired) electrons. The Morgan fingerprint density at radius 1 is 0.400 bits per heavy atom. The Bertz CT molecular complexity index is 3090. The topological polar surface area (TPSA) is 8.17 Å². The van der Waals surface area contributed by atoms with E-state index in [9.17, 15) is 0 Å². The molecular weight excluding hydrogens is 725 g/mol. The number of nitrogens with zero attached hydrogens (tertiary/aromatic N) is 2. The number of hydrogen-bond acceptors (Lipinski definition) is 1. The van der Waals surface area contributed by atoms with Gasteiger partial charge in [-0.15, -0.1) is 0 Å². The first-order valence-corrected chi connectivity index (χ1v) is 21.5. The molecule has 0 unspecified atom stereocenters. The van der Waals surface area contributed by atoms with Gasteiger partial charge in [-0.1, -0.05) is 177 Å². The summed E-state index contributed by atoms with van der Waals surface area (Å²) in [5, 5.41) is 5.24. The van der Waals surface area contributed by atoms with Crippen LogP contribution < -0.4 is 4.90 Å². The van der Waals surface area contributed by atoms with E-state index in [1.165, 1.54) is 109 Å². The Hall–Kier alpha value is -7.16. The number of rotatable bonds is 8. The summed E-state index contributed by atoms with van der Waals surface area (Å²) < 4.78 is 2.40. The summed E-state index contributed by atoms with van der Waals surface area (Å²) in [7, 11) is 0. The highest BCUT2D eigenvalue weighted by atomic mass is 15.1. The summed E-state index contributed by atoms with van der Waals surface area (Å²) in [6, 6.07) is 78.1. The maximum atomic E-state index is 2.45. The van der Waals surface area contributed by atoms with Gasteiger partial charge in [0.15, 0.2) is 0 Å². The lowest BCUT2D eigenvalue weighted by atomic mass is 9.80. The molecule has 1 aliphatic rings. The van der Waals surface area contributed by atoms with Crippen LogP contribution in [0.4, 0.5) is 17.1 Å². The van der Waals surface area contributed by atoms with Gasteiger partial charge in [-0.05, 0) is 118 Å². The van der Waals surface area contributed by atoms with E-state index in [1.54, 1.807) is 0 Å². The predicted molar refractivity (Wildman–Crippen MR) is 255 cm³/mol. The van der Waals surface area contributed by atoms with Crippen molar-refractivity contribution in [3.05, 3.63) is 218 Å². The second kappa shape index (κ2) is 15.5. The van der Waals surface area contributed by atoms with Crippen molar-refractivity contribution in [1.29, 1.82) is 0 Å². The van der Waals surface area contributed by atoms with E-state index in [-0.39, 0.29) is 0 Å². The molecule has 60 heavy (non-hydrogen) atoms. The number of aromatic nitrogens is 1. The lowest BCUT2D eigenvalue weighted by Crippen LogP contribution is -2.11. The zero-order valence-corrected chi connectivity index (χ0v) is 33.7. The third-order valence-corrected chi connectivity index (χ3v) is 12.8. The molecule has 2 heteroatoms. The number of fused-ring (bicyclic) bond motifs is 4. The average Bonchev–Trinajstić information content (AvgIpc) is 3.66. The first-order chi connectivity index (χ1) is 29.8. The highest BCUT2D eigenvalue weighted by Crippen LogP contribution is 2.46. The van der Waals surface area contributed by atoms with E-state index in [0.29, 0.717) is 5.92 Å². The fourth-order valence-corrected chi connectivity index (χ4v) is 9.91. The molecule has 10 aromatic rings. The van der Waals surface area contributed by atoms with Gasteiger partial charge in [0.25, 0.3) is 0 Å². The Morgan fingerprint density at radius 3 is 1.72 bits per heavy atom. The molecule has 1 aliphatic carbocycles. The van der Waals surface area contributed by atoms with E-state index in [2.05, 4.69) is 222 Å². The van der Waals surface area contributed by atoms with Crippen molar-refractivity contribution in [2.45, 2.75) is 38.0 Å². The van der Waals surface area contributed by atoms with Gasteiger partial charge in [-0.3, -0.25) is 0 Å². The lowest BCUT2D eigenvalue weighted by Gasteiger charge is -2.29. The SMILES string of the molecule is c1ccc(-c2ccc(N(c3ccc(-c4ccc5c6ccccc6n(-c6ccccc6)c5c4)cc3)c3ccccc3-c3cccc4cccc(C5CCCCC5)c34)cc2)cc1. The molecule has 0 spiro atoms. The molecule has 1 saturated carbocycles. The van der Waals surface area contributed by atoms with E-state index < -0.39 is 0 Å². The van der Waals surface area contributed by atoms with Crippen molar-refractivity contribution in [2.75, 3.05) is 4.90 Å². The third-order valence-electron chi connectivity index (χ3n) is 12.8. The van der Waals surface area contributed by atoms with Crippen LogP contribution >= 0.6 is 0 Å². The van der Waals surface area contributed by atoms with E-state index in [4.69, 9.17) is 0 Å². The maximum absolute atomic E-state index is 2.45. The minimum atomic E-state index is 0.595. The molecule has 0 amide bonds. The van der Waals surface area contributed by atoms with Crippen LogP contribution in [0.1, 0.15) is 43.6 Å². The Morgan fingerprint density at radius 2 is 0.967 bits per heavy atom. The molecule has 0 aliphatic heterocycles. The Labute approximate surface area is 352 Å². The van der Waals surface area contributed by atoms with Crippen LogP contribution in [0.3, 0.4) is 0 Å². The number of anilines is 3. The van der Waals surface area contributed by atoms with Gasteiger partial charge >= 0.3 is 0 Å². The predicted octanol–water partition coefficient (Wildman–Crippen LogP) is 16.5.